The Morgan fingerprint density at radius 3 is 2.57 bits per heavy atom. The minimum absolute atomic E-state index is 0.207. The van der Waals surface area contributed by atoms with E-state index in [9.17, 15) is 18.0 Å². The monoisotopic (exact) mass is 427 g/mol. The average molecular weight is 428 g/mol. The first-order valence-corrected chi connectivity index (χ1v) is 11.6. The number of ketones is 1. The van der Waals surface area contributed by atoms with Gasteiger partial charge < -0.3 is 4.74 Å². The molecule has 6 nitrogen and oxygen atoms in total. The van der Waals surface area contributed by atoms with E-state index in [-0.39, 0.29) is 18.3 Å². The van der Waals surface area contributed by atoms with Crippen molar-refractivity contribution < 1.29 is 22.7 Å². The summed E-state index contributed by atoms with van der Waals surface area (Å²) in [5.41, 5.74) is 3.84. The van der Waals surface area contributed by atoms with Gasteiger partial charge in [-0.25, -0.2) is 8.42 Å². The molecule has 0 unspecified atom stereocenters. The summed E-state index contributed by atoms with van der Waals surface area (Å²) in [6.07, 6.45) is 3.03. The van der Waals surface area contributed by atoms with Crippen LogP contribution in [0.1, 0.15) is 36.0 Å². The van der Waals surface area contributed by atoms with Crippen molar-refractivity contribution in [3.63, 3.8) is 0 Å². The Morgan fingerprint density at radius 1 is 1.17 bits per heavy atom. The van der Waals surface area contributed by atoms with Crippen molar-refractivity contribution in [2.45, 2.75) is 26.2 Å². The molecule has 0 fully saturated rings. The van der Waals surface area contributed by atoms with Crippen LogP contribution in [0.5, 0.6) is 0 Å². The number of anilines is 1. The molecule has 1 aliphatic rings. The Morgan fingerprint density at radius 2 is 1.90 bits per heavy atom. The molecule has 0 aromatic heterocycles. The molecule has 2 aromatic carbocycles. The van der Waals surface area contributed by atoms with Gasteiger partial charge in [-0.15, -0.1) is 0 Å². The van der Waals surface area contributed by atoms with Crippen LogP contribution in [-0.2, 0) is 24.3 Å². The number of aryl methyl sites for hydroxylation is 1. The van der Waals surface area contributed by atoms with E-state index in [0.29, 0.717) is 12.1 Å². The van der Waals surface area contributed by atoms with Crippen LogP contribution in [-0.4, -0.2) is 33.0 Å². The van der Waals surface area contributed by atoms with Crippen molar-refractivity contribution in [3.8, 4) is 0 Å². The molecule has 1 aliphatic carbocycles. The number of allylic oxidation sites excluding steroid dienone is 2. The number of ether oxygens (including phenoxy) is 1. The summed E-state index contributed by atoms with van der Waals surface area (Å²) < 4.78 is 30.8. The van der Waals surface area contributed by atoms with E-state index in [1.165, 1.54) is 6.08 Å². The van der Waals surface area contributed by atoms with Crippen LogP contribution in [0.25, 0.3) is 5.57 Å². The molecule has 0 aliphatic heterocycles. The second-order valence-electron chi connectivity index (χ2n) is 7.42. The van der Waals surface area contributed by atoms with Crippen LogP contribution in [0.15, 0.2) is 54.6 Å². The van der Waals surface area contributed by atoms with Gasteiger partial charge >= 0.3 is 5.97 Å². The quantitative estimate of drug-likeness (QED) is 0.561. The largest absolute Gasteiger partial charge is 0.465 e. The van der Waals surface area contributed by atoms with Gasteiger partial charge in [0.2, 0.25) is 10.0 Å². The van der Waals surface area contributed by atoms with Gasteiger partial charge in [0.05, 0.1) is 12.9 Å². The fourth-order valence-electron chi connectivity index (χ4n) is 3.88. The lowest BCUT2D eigenvalue weighted by Crippen LogP contribution is -2.34. The van der Waals surface area contributed by atoms with E-state index in [2.05, 4.69) is 4.72 Å². The van der Waals surface area contributed by atoms with Crippen molar-refractivity contribution >= 4 is 33.0 Å². The zero-order valence-electron chi connectivity index (χ0n) is 17.2. The van der Waals surface area contributed by atoms with Crippen molar-refractivity contribution in [2.24, 2.45) is 5.92 Å². The number of carbonyl (C=O) groups is 2. The highest BCUT2D eigenvalue weighted by molar-refractivity contribution is 7.92. The first-order chi connectivity index (χ1) is 14.2. The number of rotatable bonds is 6. The van der Waals surface area contributed by atoms with E-state index in [4.69, 9.17) is 4.74 Å². The maximum absolute atomic E-state index is 13.0. The van der Waals surface area contributed by atoms with Crippen LogP contribution in [0.2, 0.25) is 0 Å². The third-order valence-electron chi connectivity index (χ3n) is 5.13. The molecule has 158 valence electrons. The van der Waals surface area contributed by atoms with Crippen molar-refractivity contribution in [1.29, 1.82) is 0 Å². The standard InChI is InChI=1S/C23H25NO5S/c1-4-29-23(26)22-20(19-11-6-5-8-15(19)2)13-17(14-21(22)25)16-9-7-10-18(12-16)24-30(3,27)28/h5-12,14,20,22,24H,4,13H2,1-3H3/t20-,22+/m1/s1. The third kappa shape index (κ3) is 4.97. The van der Waals surface area contributed by atoms with Crippen LogP contribution in [0, 0.1) is 12.8 Å². The number of esters is 1. The minimum Gasteiger partial charge on any atom is -0.465 e. The molecule has 2 aromatic rings. The molecular weight excluding hydrogens is 402 g/mol. The Balaban J connectivity index is 2.03. The predicted molar refractivity (Wildman–Crippen MR) is 117 cm³/mol. The Kier molecular flexibility index (Phi) is 6.41. The van der Waals surface area contributed by atoms with E-state index in [1.807, 2.05) is 37.3 Å². The Hall–Kier alpha value is -2.93. The maximum Gasteiger partial charge on any atom is 0.317 e. The zero-order valence-corrected chi connectivity index (χ0v) is 18.0. The number of benzene rings is 2. The molecule has 30 heavy (non-hydrogen) atoms. The summed E-state index contributed by atoms with van der Waals surface area (Å²) in [4.78, 5) is 25.6. The number of sulfonamides is 1. The fraction of sp³-hybridized carbons (Fsp3) is 0.304. The first kappa shape index (κ1) is 21.8. The van der Waals surface area contributed by atoms with Crippen LogP contribution in [0.3, 0.4) is 0 Å². The third-order valence-corrected chi connectivity index (χ3v) is 5.74. The number of hydrogen-bond acceptors (Lipinski definition) is 5. The minimum atomic E-state index is -3.42. The Labute approximate surface area is 177 Å². The lowest BCUT2D eigenvalue weighted by atomic mass is 9.72. The molecule has 3 rings (SSSR count). The topological polar surface area (TPSA) is 89.5 Å². The molecule has 0 heterocycles. The highest BCUT2D eigenvalue weighted by Gasteiger charge is 2.40. The van der Waals surface area contributed by atoms with Gasteiger partial charge in [0.15, 0.2) is 5.78 Å². The molecule has 0 radical (unpaired) electrons. The fourth-order valence-corrected chi connectivity index (χ4v) is 4.43. The van der Waals surface area contributed by atoms with Gasteiger partial charge in [0.1, 0.15) is 5.92 Å². The summed E-state index contributed by atoms with van der Waals surface area (Å²) >= 11 is 0. The second-order valence-corrected chi connectivity index (χ2v) is 9.17. The van der Waals surface area contributed by atoms with E-state index < -0.39 is 21.9 Å². The zero-order chi connectivity index (χ0) is 21.9. The predicted octanol–water partition coefficient (Wildman–Crippen LogP) is 3.69. The summed E-state index contributed by atoms with van der Waals surface area (Å²) in [7, 11) is -3.42. The van der Waals surface area contributed by atoms with Gasteiger partial charge in [0.25, 0.3) is 0 Å². The van der Waals surface area contributed by atoms with Crippen LogP contribution in [0.4, 0.5) is 5.69 Å². The van der Waals surface area contributed by atoms with Crippen molar-refractivity contribution in [1.82, 2.24) is 0 Å². The van der Waals surface area contributed by atoms with Gasteiger partial charge in [-0.1, -0.05) is 36.4 Å². The molecule has 0 amide bonds. The molecule has 0 bridgehead atoms. The summed E-state index contributed by atoms with van der Waals surface area (Å²) in [6.45, 7) is 3.88. The van der Waals surface area contributed by atoms with Gasteiger partial charge in [-0.05, 0) is 60.7 Å². The SMILES string of the molecule is CCOC(=O)[C@@H]1C(=O)C=C(c2cccc(NS(C)(=O)=O)c2)C[C@@H]1c1ccccc1C. The molecule has 0 saturated heterocycles. The van der Waals surface area contributed by atoms with Gasteiger partial charge in [-0.2, -0.15) is 0 Å². The maximum atomic E-state index is 13.0. The number of carbonyl (C=O) groups excluding carboxylic acids is 2. The normalized spacial score (nSPS) is 19.2. The van der Waals surface area contributed by atoms with E-state index >= 15 is 0 Å². The molecule has 0 saturated carbocycles. The van der Waals surface area contributed by atoms with Crippen molar-refractivity contribution in [2.75, 3.05) is 17.6 Å². The highest BCUT2D eigenvalue weighted by atomic mass is 32.2. The number of hydrogen-bond donors (Lipinski definition) is 1. The number of nitrogens with one attached hydrogen (secondary N) is 1. The second kappa shape index (κ2) is 8.83. The smallest absolute Gasteiger partial charge is 0.317 e. The summed E-state index contributed by atoms with van der Waals surface area (Å²) in [5.74, 6) is -2.07. The molecule has 7 heteroatoms. The molecule has 1 N–H and O–H groups in total. The summed E-state index contributed by atoms with van der Waals surface area (Å²) in [5, 5.41) is 0. The van der Waals surface area contributed by atoms with Crippen LogP contribution >= 0.6 is 0 Å². The summed E-state index contributed by atoms with van der Waals surface area (Å²) in [6, 6.07) is 14.6. The van der Waals surface area contributed by atoms with Crippen LogP contribution < -0.4 is 4.72 Å². The highest BCUT2D eigenvalue weighted by Crippen LogP contribution is 2.41. The van der Waals surface area contributed by atoms with E-state index in [0.717, 1.165) is 28.5 Å². The van der Waals surface area contributed by atoms with Gasteiger partial charge in [-0.3, -0.25) is 14.3 Å². The van der Waals surface area contributed by atoms with E-state index in [1.54, 1.807) is 25.1 Å². The average Bonchev–Trinajstić information content (AvgIpc) is 2.66. The molecular formula is C23H25NO5S. The Bertz CT molecular complexity index is 1100. The van der Waals surface area contributed by atoms with Crippen molar-refractivity contribution in [3.05, 3.63) is 71.3 Å². The lowest BCUT2D eigenvalue weighted by molar-refractivity contribution is -0.151. The first-order valence-electron chi connectivity index (χ1n) is 9.74. The van der Waals surface area contributed by atoms with Gasteiger partial charge in [0, 0.05) is 11.6 Å². The molecule has 2 atom stereocenters. The lowest BCUT2D eigenvalue weighted by Gasteiger charge is -2.30. The molecule has 0 spiro atoms.